The Hall–Kier alpha value is -2.04. The van der Waals surface area contributed by atoms with Crippen molar-refractivity contribution >= 4 is 11.3 Å². The average molecular weight is 327 g/mol. The van der Waals surface area contributed by atoms with E-state index in [1.807, 2.05) is 30.3 Å². The molecule has 1 atom stereocenters. The molecule has 0 saturated heterocycles. The number of thiophene rings is 1. The molecule has 1 aromatic carbocycles. The van der Waals surface area contributed by atoms with Gasteiger partial charge in [0.15, 0.2) is 0 Å². The fourth-order valence-corrected chi connectivity index (χ4v) is 3.44. The smallest absolute Gasteiger partial charge is 0.122 e. The molecular formula is C19H21NO2S. The predicted molar refractivity (Wildman–Crippen MR) is 94.2 cm³/mol. The van der Waals surface area contributed by atoms with Gasteiger partial charge in [-0.1, -0.05) is 24.3 Å². The molecule has 23 heavy (non-hydrogen) atoms. The molecule has 2 heterocycles. The van der Waals surface area contributed by atoms with Crippen LogP contribution in [0.3, 0.4) is 0 Å². The van der Waals surface area contributed by atoms with Gasteiger partial charge in [-0.2, -0.15) is 0 Å². The lowest BCUT2D eigenvalue weighted by molar-refractivity contribution is 0.398. The van der Waals surface area contributed by atoms with Gasteiger partial charge in [0.25, 0.3) is 0 Å². The molecule has 0 amide bonds. The van der Waals surface area contributed by atoms with E-state index in [1.165, 1.54) is 10.4 Å². The number of hydrogen-bond donors (Lipinski definition) is 1. The van der Waals surface area contributed by atoms with E-state index in [2.05, 4.69) is 28.9 Å². The molecule has 1 N–H and O–H groups in total. The monoisotopic (exact) mass is 327 g/mol. The maximum Gasteiger partial charge on any atom is 0.122 e. The number of para-hydroxylation sites is 1. The summed E-state index contributed by atoms with van der Waals surface area (Å²) >= 11 is 1.78. The van der Waals surface area contributed by atoms with Crippen molar-refractivity contribution < 1.29 is 9.15 Å². The Labute approximate surface area is 140 Å². The number of furan rings is 1. The third kappa shape index (κ3) is 4.03. The molecule has 3 nitrogen and oxygen atoms in total. The lowest BCUT2D eigenvalue weighted by Crippen LogP contribution is -2.17. The molecule has 120 valence electrons. The first kappa shape index (κ1) is 15.8. The molecule has 4 heteroatoms. The van der Waals surface area contributed by atoms with Crippen molar-refractivity contribution in [2.75, 3.05) is 13.7 Å². The quantitative estimate of drug-likeness (QED) is 0.611. The fraction of sp³-hybridized carbons (Fsp3) is 0.263. The third-order valence-electron chi connectivity index (χ3n) is 3.89. The molecule has 0 unspecified atom stereocenters. The summed E-state index contributed by atoms with van der Waals surface area (Å²) in [6, 6.07) is 16.4. The summed E-state index contributed by atoms with van der Waals surface area (Å²) in [4.78, 5) is 1.36. The van der Waals surface area contributed by atoms with Gasteiger partial charge in [0.1, 0.15) is 11.5 Å². The van der Waals surface area contributed by atoms with Crippen molar-refractivity contribution in [2.45, 2.75) is 18.9 Å². The second-order valence-electron chi connectivity index (χ2n) is 5.35. The van der Waals surface area contributed by atoms with Gasteiger partial charge >= 0.3 is 0 Å². The Balaban J connectivity index is 1.69. The largest absolute Gasteiger partial charge is 0.496 e. The molecule has 2 aromatic heterocycles. The van der Waals surface area contributed by atoms with Crippen LogP contribution in [0.25, 0.3) is 0 Å². The van der Waals surface area contributed by atoms with Gasteiger partial charge in [0.2, 0.25) is 0 Å². The number of rotatable bonds is 8. The van der Waals surface area contributed by atoms with Gasteiger partial charge in [0.05, 0.1) is 13.4 Å². The van der Waals surface area contributed by atoms with Crippen LogP contribution in [0.1, 0.15) is 28.5 Å². The van der Waals surface area contributed by atoms with Gasteiger partial charge in [-0.15, -0.1) is 11.3 Å². The van der Waals surface area contributed by atoms with E-state index in [0.29, 0.717) is 0 Å². The Morgan fingerprint density at radius 1 is 1.13 bits per heavy atom. The molecular weight excluding hydrogens is 306 g/mol. The van der Waals surface area contributed by atoms with Crippen LogP contribution in [-0.2, 0) is 6.54 Å². The highest BCUT2D eigenvalue weighted by Crippen LogP contribution is 2.34. The Bertz CT molecular complexity index is 692. The van der Waals surface area contributed by atoms with Crippen LogP contribution in [0.4, 0.5) is 0 Å². The van der Waals surface area contributed by atoms with Crippen LogP contribution in [-0.4, -0.2) is 13.7 Å². The van der Waals surface area contributed by atoms with Crippen molar-refractivity contribution in [3.05, 3.63) is 76.4 Å². The van der Waals surface area contributed by atoms with Crippen molar-refractivity contribution in [3.8, 4) is 5.75 Å². The van der Waals surface area contributed by atoms with Crippen LogP contribution in [0, 0.1) is 0 Å². The van der Waals surface area contributed by atoms with Crippen molar-refractivity contribution in [1.29, 1.82) is 0 Å². The summed E-state index contributed by atoms with van der Waals surface area (Å²) in [5.74, 6) is 2.08. The zero-order valence-electron chi connectivity index (χ0n) is 13.2. The molecule has 3 rings (SSSR count). The SMILES string of the molecule is COc1ccccc1[C@H](CCNCc1cccs1)c1ccco1. The van der Waals surface area contributed by atoms with Gasteiger partial charge in [0, 0.05) is 22.9 Å². The summed E-state index contributed by atoms with van der Waals surface area (Å²) in [5, 5.41) is 5.62. The third-order valence-corrected chi connectivity index (χ3v) is 4.77. The van der Waals surface area contributed by atoms with Crippen LogP contribution in [0.15, 0.2) is 64.6 Å². The Morgan fingerprint density at radius 3 is 2.78 bits per heavy atom. The number of ether oxygens (including phenoxy) is 1. The number of methoxy groups -OCH3 is 1. The lowest BCUT2D eigenvalue weighted by Gasteiger charge is -2.18. The van der Waals surface area contributed by atoms with E-state index in [1.54, 1.807) is 24.7 Å². The molecule has 0 saturated carbocycles. The number of hydrogen-bond acceptors (Lipinski definition) is 4. The second-order valence-corrected chi connectivity index (χ2v) is 6.39. The maximum atomic E-state index is 5.67. The first-order valence-electron chi connectivity index (χ1n) is 7.78. The van der Waals surface area contributed by atoms with Crippen LogP contribution in [0.5, 0.6) is 5.75 Å². The van der Waals surface area contributed by atoms with Gasteiger partial charge in [-0.05, 0) is 42.6 Å². The summed E-state index contributed by atoms with van der Waals surface area (Å²) in [7, 11) is 1.72. The van der Waals surface area contributed by atoms with Gasteiger partial charge in [-0.3, -0.25) is 0 Å². The minimum Gasteiger partial charge on any atom is -0.496 e. The molecule has 0 aliphatic heterocycles. The van der Waals surface area contributed by atoms with Crippen molar-refractivity contribution in [2.24, 2.45) is 0 Å². The fourth-order valence-electron chi connectivity index (χ4n) is 2.77. The molecule has 0 aliphatic carbocycles. The molecule has 0 bridgehead atoms. The maximum absolute atomic E-state index is 5.67. The number of benzene rings is 1. The van der Waals surface area contributed by atoms with Gasteiger partial charge < -0.3 is 14.5 Å². The molecule has 0 spiro atoms. The van der Waals surface area contributed by atoms with E-state index in [-0.39, 0.29) is 5.92 Å². The Morgan fingerprint density at radius 2 is 2.04 bits per heavy atom. The molecule has 3 aromatic rings. The van der Waals surface area contributed by atoms with E-state index in [4.69, 9.17) is 9.15 Å². The van der Waals surface area contributed by atoms with Crippen molar-refractivity contribution in [3.63, 3.8) is 0 Å². The van der Waals surface area contributed by atoms with E-state index in [0.717, 1.165) is 31.0 Å². The molecule has 0 fully saturated rings. The highest BCUT2D eigenvalue weighted by molar-refractivity contribution is 7.09. The van der Waals surface area contributed by atoms with E-state index < -0.39 is 0 Å². The highest BCUT2D eigenvalue weighted by Gasteiger charge is 2.20. The summed E-state index contributed by atoms with van der Waals surface area (Å²) < 4.78 is 11.2. The van der Waals surface area contributed by atoms with Gasteiger partial charge in [-0.25, -0.2) is 0 Å². The Kier molecular flexibility index (Phi) is 5.51. The summed E-state index contributed by atoms with van der Waals surface area (Å²) in [5.41, 5.74) is 1.17. The summed E-state index contributed by atoms with van der Waals surface area (Å²) in [6.45, 7) is 1.83. The standard InChI is InChI=1S/C19H21NO2S/c1-21-18-8-3-2-7-16(18)17(19-9-4-12-22-19)10-11-20-14-15-6-5-13-23-15/h2-9,12-13,17,20H,10-11,14H2,1H3/t17-/m0/s1. The zero-order chi connectivity index (χ0) is 15.9. The molecule has 0 radical (unpaired) electrons. The van der Waals surface area contributed by atoms with Crippen LogP contribution in [0.2, 0.25) is 0 Å². The second kappa shape index (κ2) is 7.99. The average Bonchev–Trinajstić information content (AvgIpc) is 3.28. The van der Waals surface area contributed by atoms with Crippen molar-refractivity contribution in [1.82, 2.24) is 5.32 Å². The summed E-state index contributed by atoms with van der Waals surface area (Å²) in [6.07, 6.45) is 2.69. The predicted octanol–water partition coefficient (Wildman–Crippen LogP) is 4.66. The normalized spacial score (nSPS) is 12.2. The van der Waals surface area contributed by atoms with E-state index >= 15 is 0 Å². The lowest BCUT2D eigenvalue weighted by atomic mass is 9.92. The molecule has 0 aliphatic rings. The highest BCUT2D eigenvalue weighted by atomic mass is 32.1. The van der Waals surface area contributed by atoms with Crippen LogP contribution >= 0.6 is 11.3 Å². The first-order chi connectivity index (χ1) is 11.4. The van der Waals surface area contributed by atoms with E-state index in [9.17, 15) is 0 Å². The first-order valence-corrected chi connectivity index (χ1v) is 8.66. The zero-order valence-corrected chi connectivity index (χ0v) is 14.0. The topological polar surface area (TPSA) is 34.4 Å². The van der Waals surface area contributed by atoms with Crippen LogP contribution < -0.4 is 10.1 Å². The number of nitrogens with one attached hydrogen (secondary N) is 1. The minimum atomic E-state index is 0.192. The minimum absolute atomic E-state index is 0.192.